The van der Waals surface area contributed by atoms with Crippen LogP contribution in [0.2, 0.25) is 0 Å². The van der Waals surface area contributed by atoms with Crippen LogP contribution >= 0.6 is 0 Å². The van der Waals surface area contributed by atoms with Gasteiger partial charge in [-0.1, -0.05) is 39.0 Å². The van der Waals surface area contributed by atoms with Crippen LogP contribution in [0, 0.1) is 11.3 Å². The average molecular weight is 211 g/mol. The normalized spacial score (nSPS) is 12.3. The zero-order chi connectivity index (χ0) is 11.4. The average Bonchev–Trinajstić information content (AvgIpc) is 2.25. The molecule has 0 heterocycles. The lowest BCUT2D eigenvalue weighted by molar-refractivity contribution is 0.0584. The Kier molecular flexibility index (Phi) is 11.1. The van der Waals surface area contributed by atoms with Gasteiger partial charge in [-0.2, -0.15) is 5.26 Å². The highest BCUT2D eigenvalue weighted by Crippen LogP contribution is 2.07. The van der Waals surface area contributed by atoms with Crippen LogP contribution in [0.3, 0.4) is 0 Å². The van der Waals surface area contributed by atoms with Crippen LogP contribution in [0.5, 0.6) is 0 Å². The maximum absolute atomic E-state index is 8.40. The highest BCUT2D eigenvalue weighted by Gasteiger charge is 2.00. The maximum atomic E-state index is 8.40. The van der Waals surface area contributed by atoms with Crippen molar-refractivity contribution < 1.29 is 4.74 Å². The zero-order valence-corrected chi connectivity index (χ0v) is 10.3. The van der Waals surface area contributed by atoms with Gasteiger partial charge in [0.15, 0.2) is 0 Å². The van der Waals surface area contributed by atoms with Crippen LogP contribution in [-0.4, -0.2) is 12.7 Å². The first kappa shape index (κ1) is 14.5. The molecule has 0 aromatic rings. The van der Waals surface area contributed by atoms with Gasteiger partial charge in [0.05, 0.1) is 12.2 Å². The molecule has 0 saturated carbocycles. The van der Waals surface area contributed by atoms with E-state index in [2.05, 4.69) is 19.9 Å². The van der Waals surface area contributed by atoms with Crippen molar-refractivity contribution in [3.8, 4) is 6.07 Å². The summed E-state index contributed by atoms with van der Waals surface area (Å²) >= 11 is 0. The fourth-order valence-corrected chi connectivity index (χ4v) is 1.52. The lowest BCUT2D eigenvalue weighted by Crippen LogP contribution is -2.08. The van der Waals surface area contributed by atoms with Crippen molar-refractivity contribution in [2.24, 2.45) is 0 Å². The van der Waals surface area contributed by atoms with E-state index in [0.29, 0.717) is 6.42 Å². The summed E-state index contributed by atoms with van der Waals surface area (Å²) in [6.45, 7) is 5.15. The Bertz CT molecular complexity index is 162. The SMILES string of the molecule is CCCCCCCCOC(C)CCC#N. The molecule has 2 heteroatoms. The fraction of sp³-hybridized carbons (Fsp3) is 0.923. The second-order valence-corrected chi connectivity index (χ2v) is 4.15. The van der Waals surface area contributed by atoms with E-state index in [4.69, 9.17) is 10.00 Å². The van der Waals surface area contributed by atoms with Crippen molar-refractivity contribution >= 4 is 0 Å². The molecule has 0 aliphatic rings. The van der Waals surface area contributed by atoms with Gasteiger partial charge in [0.2, 0.25) is 0 Å². The number of hydrogen-bond acceptors (Lipinski definition) is 2. The minimum Gasteiger partial charge on any atom is -0.378 e. The lowest BCUT2D eigenvalue weighted by Gasteiger charge is -2.10. The van der Waals surface area contributed by atoms with Gasteiger partial charge in [0.25, 0.3) is 0 Å². The molecule has 15 heavy (non-hydrogen) atoms. The largest absolute Gasteiger partial charge is 0.378 e. The van der Waals surface area contributed by atoms with Crippen molar-refractivity contribution in [1.82, 2.24) is 0 Å². The van der Waals surface area contributed by atoms with Crippen molar-refractivity contribution in [3.05, 3.63) is 0 Å². The highest BCUT2D eigenvalue weighted by atomic mass is 16.5. The molecular weight excluding hydrogens is 186 g/mol. The molecule has 0 fully saturated rings. The van der Waals surface area contributed by atoms with E-state index in [1.165, 1.54) is 38.5 Å². The smallest absolute Gasteiger partial charge is 0.0622 e. The van der Waals surface area contributed by atoms with Gasteiger partial charge in [0.1, 0.15) is 0 Å². The van der Waals surface area contributed by atoms with Gasteiger partial charge < -0.3 is 4.74 Å². The molecule has 0 aliphatic carbocycles. The number of nitrogens with zero attached hydrogens (tertiary/aromatic N) is 1. The van der Waals surface area contributed by atoms with Gasteiger partial charge in [-0.15, -0.1) is 0 Å². The summed E-state index contributed by atoms with van der Waals surface area (Å²) in [5.74, 6) is 0. The summed E-state index contributed by atoms with van der Waals surface area (Å²) in [6.07, 6.45) is 9.54. The summed E-state index contributed by atoms with van der Waals surface area (Å²) in [5, 5.41) is 8.40. The molecule has 0 rings (SSSR count). The first-order chi connectivity index (χ1) is 7.31. The van der Waals surface area contributed by atoms with Gasteiger partial charge in [-0.25, -0.2) is 0 Å². The fourth-order valence-electron chi connectivity index (χ4n) is 1.52. The van der Waals surface area contributed by atoms with Gasteiger partial charge in [-0.05, 0) is 19.8 Å². The third kappa shape index (κ3) is 11.4. The number of rotatable bonds is 10. The molecule has 0 spiro atoms. The Morgan fingerprint density at radius 1 is 1.13 bits per heavy atom. The summed E-state index contributed by atoms with van der Waals surface area (Å²) in [6, 6.07) is 2.14. The summed E-state index contributed by atoms with van der Waals surface area (Å²) in [5.41, 5.74) is 0. The zero-order valence-electron chi connectivity index (χ0n) is 10.3. The third-order valence-corrected chi connectivity index (χ3v) is 2.56. The predicted molar refractivity (Wildman–Crippen MR) is 63.6 cm³/mol. The van der Waals surface area contributed by atoms with E-state index in [0.717, 1.165) is 13.0 Å². The third-order valence-electron chi connectivity index (χ3n) is 2.56. The summed E-state index contributed by atoms with van der Waals surface area (Å²) in [4.78, 5) is 0. The molecule has 0 bridgehead atoms. The molecule has 0 aromatic heterocycles. The summed E-state index contributed by atoms with van der Waals surface area (Å²) in [7, 11) is 0. The van der Waals surface area contributed by atoms with Crippen LogP contribution < -0.4 is 0 Å². The number of nitriles is 1. The molecule has 0 saturated heterocycles. The Balaban J connectivity index is 3.06. The standard InChI is InChI=1S/C13H25NO/c1-3-4-5-6-7-8-12-15-13(2)10-9-11-14/h13H,3-10,12H2,1-2H3. The van der Waals surface area contributed by atoms with Crippen molar-refractivity contribution in [3.63, 3.8) is 0 Å². The second kappa shape index (κ2) is 11.5. The molecule has 1 unspecified atom stereocenters. The predicted octanol–water partition coefficient (Wildman–Crippen LogP) is 4.06. The van der Waals surface area contributed by atoms with Gasteiger partial charge >= 0.3 is 0 Å². The van der Waals surface area contributed by atoms with Crippen LogP contribution in [0.15, 0.2) is 0 Å². The van der Waals surface area contributed by atoms with Gasteiger partial charge in [-0.3, -0.25) is 0 Å². The highest BCUT2D eigenvalue weighted by molar-refractivity contribution is 4.70. The molecule has 2 nitrogen and oxygen atoms in total. The molecule has 0 aliphatic heterocycles. The minimum atomic E-state index is 0.250. The first-order valence-electron chi connectivity index (χ1n) is 6.29. The molecular formula is C13H25NO. The monoisotopic (exact) mass is 211 g/mol. The molecule has 1 atom stereocenters. The van der Waals surface area contributed by atoms with Crippen LogP contribution in [-0.2, 0) is 4.74 Å². The summed E-state index contributed by atoms with van der Waals surface area (Å²) < 4.78 is 5.60. The number of hydrogen-bond donors (Lipinski definition) is 0. The van der Waals surface area contributed by atoms with E-state index in [-0.39, 0.29) is 6.10 Å². The minimum absolute atomic E-state index is 0.250. The van der Waals surface area contributed by atoms with Crippen LogP contribution in [0.25, 0.3) is 0 Å². The van der Waals surface area contributed by atoms with E-state index in [9.17, 15) is 0 Å². The van der Waals surface area contributed by atoms with Crippen molar-refractivity contribution in [2.45, 2.75) is 71.3 Å². The molecule has 0 N–H and O–H groups in total. The van der Waals surface area contributed by atoms with Crippen LogP contribution in [0.4, 0.5) is 0 Å². The Morgan fingerprint density at radius 3 is 2.47 bits per heavy atom. The Hall–Kier alpha value is -0.550. The quantitative estimate of drug-likeness (QED) is 0.511. The van der Waals surface area contributed by atoms with Gasteiger partial charge in [0, 0.05) is 13.0 Å². The van der Waals surface area contributed by atoms with Crippen molar-refractivity contribution in [2.75, 3.05) is 6.61 Å². The molecule has 0 aromatic carbocycles. The van der Waals surface area contributed by atoms with E-state index >= 15 is 0 Å². The Morgan fingerprint density at radius 2 is 1.80 bits per heavy atom. The maximum Gasteiger partial charge on any atom is 0.0622 e. The molecule has 88 valence electrons. The van der Waals surface area contributed by atoms with E-state index in [1.807, 2.05) is 0 Å². The Labute approximate surface area is 94.6 Å². The topological polar surface area (TPSA) is 33.0 Å². The van der Waals surface area contributed by atoms with E-state index < -0.39 is 0 Å². The number of ether oxygens (including phenoxy) is 1. The second-order valence-electron chi connectivity index (χ2n) is 4.15. The first-order valence-corrected chi connectivity index (χ1v) is 6.29. The van der Waals surface area contributed by atoms with E-state index in [1.54, 1.807) is 0 Å². The number of unbranched alkanes of at least 4 members (excludes halogenated alkanes) is 5. The van der Waals surface area contributed by atoms with Crippen molar-refractivity contribution in [1.29, 1.82) is 5.26 Å². The lowest BCUT2D eigenvalue weighted by atomic mass is 10.1. The molecule has 0 amide bonds. The molecule has 0 radical (unpaired) electrons. The van der Waals surface area contributed by atoms with Crippen LogP contribution in [0.1, 0.15) is 65.2 Å².